The highest BCUT2D eigenvalue weighted by atomic mass is 32.2. The lowest BCUT2D eigenvalue weighted by Crippen LogP contribution is -2.59. The molecule has 90 valence electrons. The van der Waals surface area contributed by atoms with Gasteiger partial charge in [-0.1, -0.05) is 30.3 Å². The topological polar surface area (TPSA) is 24.1 Å². The number of rotatable bonds is 0. The molecule has 1 spiro atoms. The summed E-state index contributed by atoms with van der Waals surface area (Å²) in [7, 11) is 0. The fourth-order valence-corrected chi connectivity index (χ4v) is 5.40. The zero-order chi connectivity index (χ0) is 11.3. The quantitative estimate of drug-likeness (QED) is 0.736. The number of piperidine rings is 1. The van der Waals surface area contributed by atoms with E-state index in [2.05, 4.69) is 46.7 Å². The van der Waals surface area contributed by atoms with Crippen molar-refractivity contribution in [3.8, 4) is 0 Å². The molecule has 2 fully saturated rings. The standard InChI is InChI=1S/C14H18N2S/c1-2-7-13-12(6-1)16-14(17-13)10-4-3-5-11(14)9-15-8-10/h1-2,6-7,10-11,15-16H,3-5,8-9H2/t10-,11+,14?. The number of thioether (sulfide) groups is 1. The monoisotopic (exact) mass is 246 g/mol. The molecule has 1 saturated carbocycles. The zero-order valence-electron chi connectivity index (χ0n) is 9.91. The Morgan fingerprint density at radius 1 is 1.12 bits per heavy atom. The number of anilines is 1. The summed E-state index contributed by atoms with van der Waals surface area (Å²) in [5, 5.41) is 7.49. The second-order valence-corrected chi connectivity index (χ2v) is 6.82. The summed E-state index contributed by atoms with van der Waals surface area (Å²) in [6, 6.07) is 8.79. The van der Waals surface area contributed by atoms with Crippen LogP contribution in [0.3, 0.4) is 0 Å². The highest BCUT2D eigenvalue weighted by Gasteiger charge is 2.53. The third-order valence-electron chi connectivity index (χ3n) is 4.60. The predicted molar refractivity (Wildman–Crippen MR) is 72.4 cm³/mol. The molecule has 1 aliphatic carbocycles. The molecular weight excluding hydrogens is 228 g/mol. The summed E-state index contributed by atoms with van der Waals surface area (Å²) in [5.74, 6) is 1.57. The van der Waals surface area contributed by atoms with Gasteiger partial charge in [0.25, 0.3) is 0 Å². The average Bonchev–Trinajstić information content (AvgIpc) is 2.67. The minimum Gasteiger partial charge on any atom is -0.369 e. The molecule has 1 unspecified atom stereocenters. The summed E-state index contributed by atoms with van der Waals surface area (Å²) >= 11 is 2.10. The molecule has 2 nitrogen and oxygen atoms in total. The molecule has 2 heterocycles. The smallest absolute Gasteiger partial charge is 0.0961 e. The zero-order valence-corrected chi connectivity index (χ0v) is 10.7. The summed E-state index contributed by atoms with van der Waals surface area (Å²) in [6.07, 6.45) is 4.16. The first-order valence-corrected chi connectivity index (χ1v) is 7.47. The summed E-state index contributed by atoms with van der Waals surface area (Å²) in [5.41, 5.74) is 1.36. The molecule has 3 atom stereocenters. The first kappa shape index (κ1) is 10.3. The van der Waals surface area contributed by atoms with Gasteiger partial charge < -0.3 is 10.6 Å². The number of nitrogens with one attached hydrogen (secondary N) is 2. The number of para-hydroxylation sites is 1. The Morgan fingerprint density at radius 2 is 1.88 bits per heavy atom. The van der Waals surface area contributed by atoms with Crippen molar-refractivity contribution in [3.05, 3.63) is 24.3 Å². The van der Waals surface area contributed by atoms with Crippen molar-refractivity contribution in [3.63, 3.8) is 0 Å². The van der Waals surface area contributed by atoms with Crippen LogP contribution in [0.4, 0.5) is 5.69 Å². The van der Waals surface area contributed by atoms with Crippen LogP contribution in [-0.2, 0) is 0 Å². The molecule has 2 N–H and O–H groups in total. The van der Waals surface area contributed by atoms with Crippen LogP contribution >= 0.6 is 11.8 Å². The molecule has 2 bridgehead atoms. The second-order valence-electron chi connectivity index (χ2n) is 5.50. The van der Waals surface area contributed by atoms with Crippen LogP contribution in [0.1, 0.15) is 19.3 Å². The van der Waals surface area contributed by atoms with Crippen LogP contribution in [0.25, 0.3) is 0 Å². The van der Waals surface area contributed by atoms with Gasteiger partial charge in [-0.25, -0.2) is 0 Å². The van der Waals surface area contributed by atoms with Crippen molar-refractivity contribution in [2.24, 2.45) is 11.8 Å². The third-order valence-corrected chi connectivity index (χ3v) is 6.28. The van der Waals surface area contributed by atoms with Gasteiger partial charge >= 0.3 is 0 Å². The lowest BCUT2D eigenvalue weighted by molar-refractivity contribution is 0.161. The van der Waals surface area contributed by atoms with Crippen LogP contribution < -0.4 is 10.6 Å². The fourth-order valence-electron chi connectivity index (χ4n) is 3.76. The van der Waals surface area contributed by atoms with E-state index in [-0.39, 0.29) is 0 Å². The first-order valence-electron chi connectivity index (χ1n) is 6.65. The average molecular weight is 246 g/mol. The molecule has 0 aromatic heterocycles. The van der Waals surface area contributed by atoms with E-state index >= 15 is 0 Å². The van der Waals surface area contributed by atoms with E-state index < -0.39 is 0 Å². The molecule has 0 radical (unpaired) electrons. The third kappa shape index (κ3) is 1.39. The molecular formula is C14H18N2S. The van der Waals surface area contributed by atoms with Crippen LogP contribution in [-0.4, -0.2) is 18.0 Å². The molecule has 4 rings (SSSR count). The van der Waals surface area contributed by atoms with Crippen molar-refractivity contribution in [1.82, 2.24) is 5.32 Å². The minimum absolute atomic E-state index is 0.299. The maximum atomic E-state index is 3.87. The van der Waals surface area contributed by atoms with Gasteiger partial charge in [-0.2, -0.15) is 0 Å². The van der Waals surface area contributed by atoms with E-state index in [1.54, 1.807) is 0 Å². The van der Waals surface area contributed by atoms with Crippen molar-refractivity contribution in [1.29, 1.82) is 0 Å². The molecule has 1 saturated heterocycles. The molecule has 17 heavy (non-hydrogen) atoms. The lowest BCUT2D eigenvalue weighted by atomic mass is 9.73. The highest BCUT2D eigenvalue weighted by Crippen LogP contribution is 2.57. The SMILES string of the molecule is c1ccc2c(c1)NC1(S2)[C@@H]2CCC[C@H]1CNC2. The van der Waals surface area contributed by atoms with Gasteiger partial charge in [-0.15, -0.1) is 0 Å². The van der Waals surface area contributed by atoms with E-state index in [1.807, 2.05) is 0 Å². The van der Waals surface area contributed by atoms with Gasteiger partial charge in [0.1, 0.15) is 0 Å². The lowest BCUT2D eigenvalue weighted by Gasteiger charge is -2.50. The Kier molecular flexibility index (Phi) is 2.21. The number of fused-ring (bicyclic) bond motifs is 1. The summed E-state index contributed by atoms with van der Waals surface area (Å²) < 4.78 is 0. The number of benzene rings is 1. The summed E-state index contributed by atoms with van der Waals surface area (Å²) in [4.78, 5) is 1.75. The van der Waals surface area contributed by atoms with E-state index in [1.165, 1.54) is 42.9 Å². The van der Waals surface area contributed by atoms with Crippen molar-refractivity contribution in [2.75, 3.05) is 18.4 Å². The van der Waals surface area contributed by atoms with Gasteiger partial charge in [-0.3, -0.25) is 0 Å². The Hall–Kier alpha value is -0.670. The van der Waals surface area contributed by atoms with Crippen molar-refractivity contribution in [2.45, 2.75) is 29.0 Å². The predicted octanol–water partition coefficient (Wildman–Crippen LogP) is 2.92. The largest absolute Gasteiger partial charge is 0.369 e. The van der Waals surface area contributed by atoms with Crippen LogP contribution in [0, 0.1) is 11.8 Å². The van der Waals surface area contributed by atoms with E-state index in [4.69, 9.17) is 0 Å². The first-order chi connectivity index (χ1) is 8.38. The molecule has 2 aliphatic heterocycles. The number of hydrogen-bond acceptors (Lipinski definition) is 3. The van der Waals surface area contributed by atoms with Gasteiger partial charge in [-0.05, 0) is 25.0 Å². The van der Waals surface area contributed by atoms with Crippen molar-refractivity contribution >= 4 is 17.4 Å². The maximum Gasteiger partial charge on any atom is 0.0961 e. The highest BCUT2D eigenvalue weighted by molar-refractivity contribution is 8.01. The van der Waals surface area contributed by atoms with Gasteiger partial charge in [0.15, 0.2) is 0 Å². The van der Waals surface area contributed by atoms with Gasteiger partial charge in [0.2, 0.25) is 0 Å². The Balaban J connectivity index is 1.75. The molecule has 3 heteroatoms. The normalized spacial score (nSPS) is 38.8. The van der Waals surface area contributed by atoms with Crippen LogP contribution in [0.2, 0.25) is 0 Å². The van der Waals surface area contributed by atoms with Crippen LogP contribution in [0.5, 0.6) is 0 Å². The van der Waals surface area contributed by atoms with Gasteiger partial charge in [0, 0.05) is 35.5 Å². The fraction of sp³-hybridized carbons (Fsp3) is 0.571. The molecule has 1 aromatic carbocycles. The summed E-state index contributed by atoms with van der Waals surface area (Å²) in [6.45, 7) is 2.37. The van der Waals surface area contributed by atoms with Crippen LogP contribution in [0.15, 0.2) is 29.2 Å². The van der Waals surface area contributed by atoms with E-state index in [0.717, 1.165) is 11.8 Å². The molecule has 0 amide bonds. The Labute approximate surface area is 107 Å². The number of hydrogen-bond donors (Lipinski definition) is 2. The van der Waals surface area contributed by atoms with Gasteiger partial charge in [0.05, 0.1) is 4.87 Å². The minimum atomic E-state index is 0.299. The molecule has 3 aliphatic rings. The Bertz CT molecular complexity index is 397. The Morgan fingerprint density at radius 3 is 2.65 bits per heavy atom. The van der Waals surface area contributed by atoms with E-state index in [9.17, 15) is 0 Å². The molecule has 1 aromatic rings. The van der Waals surface area contributed by atoms with E-state index in [0.29, 0.717) is 4.87 Å². The van der Waals surface area contributed by atoms with Crippen molar-refractivity contribution < 1.29 is 0 Å². The second kappa shape index (κ2) is 3.66. The maximum absolute atomic E-state index is 3.87.